The number of phenols is 1. The van der Waals surface area contributed by atoms with E-state index in [9.17, 15) is 5.11 Å². The highest BCUT2D eigenvalue weighted by atomic mass is 127. The number of nitrogens with zero attached hydrogens (tertiary/aromatic N) is 3. The van der Waals surface area contributed by atoms with E-state index in [2.05, 4.69) is 15.3 Å². The molecule has 0 saturated heterocycles. The number of imidazole rings is 1. The molecule has 1 heterocycles. The Bertz CT molecular complexity index is 998. The van der Waals surface area contributed by atoms with Gasteiger partial charge < -0.3 is 29.8 Å². The molecule has 8 nitrogen and oxygen atoms in total. The van der Waals surface area contributed by atoms with Gasteiger partial charge >= 0.3 is 0 Å². The molecule has 0 spiro atoms. The van der Waals surface area contributed by atoms with Gasteiger partial charge in [-0.1, -0.05) is 30.3 Å². The molecule has 0 fully saturated rings. The normalized spacial score (nSPS) is 10.9. The zero-order valence-corrected chi connectivity index (χ0v) is 21.1. The molecule has 32 heavy (non-hydrogen) atoms. The predicted molar refractivity (Wildman–Crippen MR) is 137 cm³/mol. The molecule has 0 aliphatic carbocycles. The van der Waals surface area contributed by atoms with E-state index in [1.165, 1.54) is 14.2 Å². The Morgan fingerprint density at radius 1 is 1.16 bits per heavy atom. The standard InChI is InChI=1S/C23H29N5O3.HI/c1-5-24-23(26-13-16-11-19(30-3)22(29)20(12-16)31-4)28(2)15-21-25-14-18(27-21)17-9-7-6-8-10-17;/h6-12,14,29H,5,13,15H2,1-4H3,(H,24,26)(H,25,27);1H. The number of aromatic nitrogens is 2. The van der Waals surface area contributed by atoms with Crippen LogP contribution in [0.1, 0.15) is 18.3 Å². The van der Waals surface area contributed by atoms with E-state index in [4.69, 9.17) is 14.5 Å². The average Bonchev–Trinajstić information content (AvgIpc) is 3.26. The number of nitrogens with one attached hydrogen (secondary N) is 2. The minimum Gasteiger partial charge on any atom is -0.502 e. The summed E-state index contributed by atoms with van der Waals surface area (Å²) in [6.45, 7) is 3.73. The zero-order chi connectivity index (χ0) is 22.2. The third kappa shape index (κ3) is 6.28. The third-order valence-electron chi connectivity index (χ3n) is 4.75. The molecule has 2 aromatic carbocycles. The topological polar surface area (TPSA) is 95.0 Å². The molecule has 0 aliphatic heterocycles. The molecule has 0 radical (unpaired) electrons. The van der Waals surface area contributed by atoms with E-state index < -0.39 is 0 Å². The highest BCUT2D eigenvalue weighted by Crippen LogP contribution is 2.37. The minimum absolute atomic E-state index is 0. The monoisotopic (exact) mass is 551 g/mol. The lowest BCUT2D eigenvalue weighted by Crippen LogP contribution is -2.38. The van der Waals surface area contributed by atoms with Crippen LogP contribution in [0.2, 0.25) is 0 Å². The zero-order valence-electron chi connectivity index (χ0n) is 18.8. The Labute approximate surface area is 205 Å². The predicted octanol–water partition coefficient (Wildman–Crippen LogP) is 4.02. The van der Waals surface area contributed by atoms with Gasteiger partial charge in [0.2, 0.25) is 5.75 Å². The van der Waals surface area contributed by atoms with Crippen molar-refractivity contribution in [3.8, 4) is 28.5 Å². The molecule has 3 rings (SSSR count). The fourth-order valence-corrected chi connectivity index (χ4v) is 3.18. The SMILES string of the molecule is CCNC(=NCc1cc(OC)c(O)c(OC)c1)N(C)Cc1ncc(-c2ccccc2)[nH]1.I. The summed E-state index contributed by atoms with van der Waals surface area (Å²) in [6.07, 6.45) is 1.84. The number of methoxy groups -OCH3 is 2. The minimum atomic E-state index is -0.0196. The van der Waals surface area contributed by atoms with Gasteiger partial charge in [-0.2, -0.15) is 0 Å². The maximum atomic E-state index is 10.1. The molecule has 3 N–H and O–H groups in total. The Morgan fingerprint density at radius 3 is 2.41 bits per heavy atom. The maximum absolute atomic E-state index is 10.1. The van der Waals surface area contributed by atoms with E-state index in [1.54, 1.807) is 12.1 Å². The number of aromatic hydroxyl groups is 1. The number of guanidine groups is 1. The molecule has 1 aromatic heterocycles. The van der Waals surface area contributed by atoms with Crippen LogP contribution >= 0.6 is 24.0 Å². The first-order chi connectivity index (χ1) is 15.0. The summed E-state index contributed by atoms with van der Waals surface area (Å²) in [5.41, 5.74) is 2.94. The molecule has 3 aromatic rings. The van der Waals surface area contributed by atoms with Gasteiger partial charge in [-0.3, -0.25) is 0 Å². The number of hydrogen-bond acceptors (Lipinski definition) is 5. The molecule has 0 bridgehead atoms. The van der Waals surface area contributed by atoms with Gasteiger partial charge in [-0.25, -0.2) is 9.98 Å². The fourth-order valence-electron chi connectivity index (χ4n) is 3.18. The molecular weight excluding hydrogens is 521 g/mol. The molecule has 9 heteroatoms. The van der Waals surface area contributed by atoms with E-state index in [0.717, 1.165) is 35.1 Å². The second-order valence-electron chi connectivity index (χ2n) is 6.98. The number of ether oxygens (including phenoxy) is 2. The second-order valence-corrected chi connectivity index (χ2v) is 6.98. The Kier molecular flexibility index (Phi) is 9.63. The lowest BCUT2D eigenvalue weighted by Gasteiger charge is -2.21. The van der Waals surface area contributed by atoms with Crippen molar-refractivity contribution < 1.29 is 14.6 Å². The number of H-pyrrole nitrogens is 1. The van der Waals surface area contributed by atoms with Crippen LogP contribution < -0.4 is 14.8 Å². The maximum Gasteiger partial charge on any atom is 0.200 e. The molecular formula is C23H30IN5O3. The number of rotatable bonds is 8. The quantitative estimate of drug-likeness (QED) is 0.223. The Morgan fingerprint density at radius 2 is 1.81 bits per heavy atom. The first-order valence-corrected chi connectivity index (χ1v) is 10.1. The van der Waals surface area contributed by atoms with Crippen LogP contribution in [0.15, 0.2) is 53.7 Å². The first-order valence-electron chi connectivity index (χ1n) is 10.1. The van der Waals surface area contributed by atoms with Gasteiger partial charge in [0.1, 0.15) is 5.82 Å². The lowest BCUT2D eigenvalue weighted by atomic mass is 10.2. The number of benzene rings is 2. The van der Waals surface area contributed by atoms with Gasteiger partial charge in [-0.15, -0.1) is 24.0 Å². The van der Waals surface area contributed by atoms with E-state index >= 15 is 0 Å². The highest BCUT2D eigenvalue weighted by Gasteiger charge is 2.13. The summed E-state index contributed by atoms with van der Waals surface area (Å²) in [7, 11) is 4.98. The van der Waals surface area contributed by atoms with Gasteiger partial charge in [0.05, 0.1) is 39.2 Å². The van der Waals surface area contributed by atoms with Crippen LogP contribution in [-0.4, -0.2) is 53.7 Å². The van der Waals surface area contributed by atoms with Crippen LogP contribution in [0.25, 0.3) is 11.3 Å². The summed E-state index contributed by atoms with van der Waals surface area (Å²) >= 11 is 0. The summed E-state index contributed by atoms with van der Waals surface area (Å²) in [4.78, 5) is 14.6. The number of halogens is 1. The number of aromatic amines is 1. The number of phenolic OH excluding ortho intramolecular Hbond substituents is 1. The van der Waals surface area contributed by atoms with Gasteiger partial charge in [0.15, 0.2) is 17.5 Å². The fraction of sp³-hybridized carbons (Fsp3) is 0.304. The summed E-state index contributed by atoms with van der Waals surface area (Å²) < 4.78 is 10.5. The molecule has 172 valence electrons. The van der Waals surface area contributed by atoms with Gasteiger partial charge in [-0.05, 0) is 30.2 Å². The molecule has 0 aliphatic rings. The smallest absolute Gasteiger partial charge is 0.200 e. The molecule has 0 saturated carbocycles. The van der Waals surface area contributed by atoms with E-state index in [0.29, 0.717) is 24.6 Å². The van der Waals surface area contributed by atoms with Crippen molar-refractivity contribution in [3.05, 3.63) is 60.0 Å². The van der Waals surface area contributed by atoms with Crippen LogP contribution in [0.4, 0.5) is 0 Å². The largest absolute Gasteiger partial charge is 0.502 e. The average molecular weight is 551 g/mol. The second kappa shape index (κ2) is 12.2. The van der Waals surface area contributed by atoms with Crippen molar-refractivity contribution in [1.29, 1.82) is 0 Å². The van der Waals surface area contributed by atoms with Crippen molar-refractivity contribution in [2.45, 2.75) is 20.0 Å². The summed E-state index contributed by atoms with van der Waals surface area (Å²) in [6, 6.07) is 13.6. The Balaban J connectivity index is 0.00000363. The van der Waals surface area contributed by atoms with E-state index in [1.807, 2.05) is 55.4 Å². The van der Waals surface area contributed by atoms with Crippen LogP contribution in [0, 0.1) is 0 Å². The first kappa shape index (κ1) is 25.3. The highest BCUT2D eigenvalue weighted by molar-refractivity contribution is 14.0. The van der Waals surface area contributed by atoms with Crippen molar-refractivity contribution in [1.82, 2.24) is 20.2 Å². The number of hydrogen-bond donors (Lipinski definition) is 3. The van der Waals surface area contributed by atoms with Crippen LogP contribution in [0.3, 0.4) is 0 Å². The van der Waals surface area contributed by atoms with Crippen molar-refractivity contribution in [3.63, 3.8) is 0 Å². The lowest BCUT2D eigenvalue weighted by molar-refractivity contribution is 0.339. The third-order valence-corrected chi connectivity index (χ3v) is 4.75. The van der Waals surface area contributed by atoms with Crippen molar-refractivity contribution in [2.24, 2.45) is 4.99 Å². The van der Waals surface area contributed by atoms with Crippen LogP contribution in [0.5, 0.6) is 17.2 Å². The summed E-state index contributed by atoms with van der Waals surface area (Å²) in [5, 5.41) is 13.4. The molecule has 0 unspecified atom stereocenters. The van der Waals surface area contributed by atoms with E-state index in [-0.39, 0.29) is 29.7 Å². The van der Waals surface area contributed by atoms with Gasteiger partial charge in [0, 0.05) is 13.6 Å². The molecule has 0 amide bonds. The van der Waals surface area contributed by atoms with Crippen molar-refractivity contribution in [2.75, 3.05) is 27.8 Å². The number of aliphatic imine (C=N–C) groups is 1. The Hall–Kier alpha value is -2.95. The van der Waals surface area contributed by atoms with Crippen LogP contribution in [-0.2, 0) is 13.1 Å². The van der Waals surface area contributed by atoms with Crippen molar-refractivity contribution >= 4 is 29.9 Å². The summed E-state index contributed by atoms with van der Waals surface area (Å²) in [5.74, 6) is 2.28. The molecule has 0 atom stereocenters. The van der Waals surface area contributed by atoms with Gasteiger partial charge in [0.25, 0.3) is 0 Å².